The molecule has 0 unspecified atom stereocenters. The summed E-state index contributed by atoms with van der Waals surface area (Å²) < 4.78 is 5.16. The smallest absolute Gasteiger partial charge is 0.287 e. The lowest BCUT2D eigenvalue weighted by Crippen LogP contribution is -2.45. The van der Waals surface area contributed by atoms with Crippen molar-refractivity contribution in [3.05, 3.63) is 94.7 Å². The molecule has 0 fully saturated rings. The highest BCUT2D eigenvalue weighted by Crippen LogP contribution is 2.24. The minimum absolute atomic E-state index is 0.159. The summed E-state index contributed by atoms with van der Waals surface area (Å²) in [6, 6.07) is 19.5. The summed E-state index contributed by atoms with van der Waals surface area (Å²) in [7, 11) is 0. The molecule has 31 heavy (non-hydrogen) atoms. The lowest BCUT2D eigenvalue weighted by molar-refractivity contribution is -0.118. The molecule has 0 aliphatic rings. The fourth-order valence-corrected chi connectivity index (χ4v) is 3.80. The third-order valence-corrected chi connectivity index (χ3v) is 5.47. The maximum atomic E-state index is 13.1. The van der Waals surface area contributed by atoms with Crippen LogP contribution < -0.4 is 10.6 Å². The Morgan fingerprint density at radius 1 is 1.06 bits per heavy atom. The van der Waals surface area contributed by atoms with E-state index in [1.165, 1.54) is 6.26 Å². The first-order chi connectivity index (χ1) is 15.1. The Kier molecular flexibility index (Phi) is 6.24. The van der Waals surface area contributed by atoms with Gasteiger partial charge in [0.25, 0.3) is 5.91 Å². The van der Waals surface area contributed by atoms with Crippen LogP contribution in [0.25, 0.3) is 11.3 Å². The predicted molar refractivity (Wildman–Crippen MR) is 121 cm³/mol. The topological polar surface area (TPSA) is 84.2 Å². The summed E-state index contributed by atoms with van der Waals surface area (Å²) in [5.74, 6) is -0.588. The zero-order valence-corrected chi connectivity index (χ0v) is 17.7. The van der Waals surface area contributed by atoms with E-state index in [4.69, 9.17) is 4.42 Å². The highest BCUT2D eigenvalue weighted by atomic mass is 32.1. The van der Waals surface area contributed by atoms with Gasteiger partial charge < -0.3 is 15.1 Å². The molecule has 2 aromatic carbocycles. The van der Waals surface area contributed by atoms with Crippen LogP contribution in [0.2, 0.25) is 0 Å². The summed E-state index contributed by atoms with van der Waals surface area (Å²) in [5.41, 5.74) is 3.36. The molecular formula is C24H21N3O3S. The molecule has 0 saturated carbocycles. The summed E-state index contributed by atoms with van der Waals surface area (Å²) in [5, 5.41) is 8.67. The Morgan fingerprint density at radius 3 is 2.61 bits per heavy atom. The van der Waals surface area contributed by atoms with E-state index >= 15 is 0 Å². The monoisotopic (exact) mass is 431 g/mol. The number of aryl methyl sites for hydroxylation is 1. The van der Waals surface area contributed by atoms with Gasteiger partial charge in [-0.3, -0.25) is 9.59 Å². The molecule has 2 N–H and O–H groups in total. The molecule has 0 spiro atoms. The van der Waals surface area contributed by atoms with Gasteiger partial charge in [-0.25, -0.2) is 4.98 Å². The molecule has 2 amide bonds. The predicted octanol–water partition coefficient (Wildman–Crippen LogP) is 4.69. The van der Waals surface area contributed by atoms with Crippen molar-refractivity contribution in [2.45, 2.75) is 19.4 Å². The lowest BCUT2D eigenvalue weighted by Gasteiger charge is -2.18. The molecule has 4 aromatic rings. The second-order valence-corrected chi connectivity index (χ2v) is 8.08. The SMILES string of the molecule is Cc1nc(-c2cccc(NC(=O)[C@@H](Cc3ccccc3)NC(=O)c3ccco3)c2)cs1. The Hall–Kier alpha value is -3.71. The fraction of sp³-hybridized carbons (Fsp3) is 0.125. The zero-order valence-electron chi connectivity index (χ0n) is 16.9. The van der Waals surface area contributed by atoms with E-state index in [2.05, 4.69) is 15.6 Å². The standard InChI is InChI=1S/C24H21N3O3S/c1-16-25-21(15-31-16)18-9-5-10-19(14-18)26-23(28)20(13-17-7-3-2-4-8-17)27-24(29)22-11-6-12-30-22/h2-12,14-15,20H,13H2,1H3,(H,26,28)(H,27,29)/t20-/m1/s1. The third kappa shape index (κ3) is 5.26. The molecule has 7 heteroatoms. The number of carbonyl (C=O) groups excluding carboxylic acids is 2. The number of aromatic nitrogens is 1. The van der Waals surface area contributed by atoms with Gasteiger partial charge in [0.2, 0.25) is 5.91 Å². The van der Waals surface area contributed by atoms with Crippen LogP contribution in [0.4, 0.5) is 5.69 Å². The van der Waals surface area contributed by atoms with Crippen molar-refractivity contribution >= 4 is 28.8 Å². The van der Waals surface area contributed by atoms with Crippen LogP contribution in [0.15, 0.2) is 82.8 Å². The highest BCUT2D eigenvalue weighted by Gasteiger charge is 2.23. The zero-order chi connectivity index (χ0) is 21.6. The fourth-order valence-electron chi connectivity index (χ4n) is 3.18. The number of amides is 2. The van der Waals surface area contributed by atoms with Crippen molar-refractivity contribution in [1.29, 1.82) is 0 Å². The Bertz CT molecular complexity index is 1170. The van der Waals surface area contributed by atoms with Crippen molar-refractivity contribution in [3.63, 3.8) is 0 Å². The van der Waals surface area contributed by atoms with Gasteiger partial charge >= 0.3 is 0 Å². The van der Waals surface area contributed by atoms with E-state index in [-0.39, 0.29) is 11.7 Å². The average Bonchev–Trinajstić information content (AvgIpc) is 3.46. The van der Waals surface area contributed by atoms with Gasteiger partial charge in [-0.2, -0.15) is 0 Å². The second kappa shape index (κ2) is 9.40. The van der Waals surface area contributed by atoms with Gasteiger partial charge in [-0.1, -0.05) is 42.5 Å². The van der Waals surface area contributed by atoms with Crippen LogP contribution in [-0.4, -0.2) is 22.8 Å². The van der Waals surface area contributed by atoms with Gasteiger partial charge in [0.15, 0.2) is 5.76 Å². The number of furan rings is 1. The van der Waals surface area contributed by atoms with Crippen LogP contribution in [0.5, 0.6) is 0 Å². The van der Waals surface area contributed by atoms with Gasteiger partial charge in [0, 0.05) is 23.1 Å². The van der Waals surface area contributed by atoms with E-state index in [0.717, 1.165) is 21.8 Å². The summed E-state index contributed by atoms with van der Waals surface area (Å²) in [6.07, 6.45) is 1.77. The van der Waals surface area contributed by atoms with Crippen molar-refractivity contribution < 1.29 is 14.0 Å². The molecule has 2 heterocycles. The molecule has 2 aromatic heterocycles. The molecule has 0 radical (unpaired) electrons. The van der Waals surface area contributed by atoms with Crippen LogP contribution in [0, 0.1) is 6.92 Å². The quantitative estimate of drug-likeness (QED) is 0.445. The van der Waals surface area contributed by atoms with E-state index in [9.17, 15) is 9.59 Å². The molecule has 4 rings (SSSR count). The number of thiazole rings is 1. The number of hydrogen-bond acceptors (Lipinski definition) is 5. The number of rotatable bonds is 7. The number of nitrogens with zero attached hydrogens (tertiary/aromatic N) is 1. The van der Waals surface area contributed by atoms with Crippen molar-refractivity contribution in [2.24, 2.45) is 0 Å². The van der Waals surface area contributed by atoms with Crippen LogP contribution >= 0.6 is 11.3 Å². The maximum Gasteiger partial charge on any atom is 0.287 e. The second-order valence-electron chi connectivity index (χ2n) is 7.01. The first-order valence-electron chi connectivity index (χ1n) is 9.80. The van der Waals surface area contributed by atoms with Crippen molar-refractivity contribution in [3.8, 4) is 11.3 Å². The lowest BCUT2D eigenvalue weighted by atomic mass is 10.0. The summed E-state index contributed by atoms with van der Waals surface area (Å²) >= 11 is 1.58. The van der Waals surface area contributed by atoms with Crippen LogP contribution in [-0.2, 0) is 11.2 Å². The number of carbonyl (C=O) groups is 2. The Morgan fingerprint density at radius 2 is 1.90 bits per heavy atom. The Balaban J connectivity index is 1.53. The third-order valence-electron chi connectivity index (χ3n) is 4.69. The van der Waals surface area contributed by atoms with Gasteiger partial charge in [-0.05, 0) is 36.8 Å². The van der Waals surface area contributed by atoms with Crippen LogP contribution in [0.3, 0.4) is 0 Å². The molecule has 156 valence electrons. The molecule has 0 bridgehead atoms. The number of hydrogen-bond donors (Lipinski definition) is 2. The summed E-state index contributed by atoms with van der Waals surface area (Å²) in [6.45, 7) is 1.95. The molecule has 6 nitrogen and oxygen atoms in total. The number of anilines is 1. The van der Waals surface area contributed by atoms with E-state index in [0.29, 0.717) is 12.1 Å². The molecule has 0 saturated heterocycles. The highest BCUT2D eigenvalue weighted by molar-refractivity contribution is 7.09. The minimum atomic E-state index is -0.773. The van der Waals surface area contributed by atoms with Crippen molar-refractivity contribution in [1.82, 2.24) is 10.3 Å². The number of benzene rings is 2. The van der Waals surface area contributed by atoms with Gasteiger partial charge in [-0.15, -0.1) is 11.3 Å². The van der Waals surface area contributed by atoms with Gasteiger partial charge in [0.05, 0.1) is 17.0 Å². The minimum Gasteiger partial charge on any atom is -0.459 e. The van der Waals surface area contributed by atoms with E-state index < -0.39 is 11.9 Å². The maximum absolute atomic E-state index is 13.1. The van der Waals surface area contributed by atoms with E-state index in [1.54, 1.807) is 23.5 Å². The normalized spacial score (nSPS) is 11.6. The van der Waals surface area contributed by atoms with Crippen LogP contribution in [0.1, 0.15) is 21.1 Å². The molecule has 1 atom stereocenters. The molecular weight excluding hydrogens is 410 g/mol. The van der Waals surface area contributed by atoms with Gasteiger partial charge in [0.1, 0.15) is 6.04 Å². The number of nitrogens with one attached hydrogen (secondary N) is 2. The van der Waals surface area contributed by atoms with E-state index in [1.807, 2.05) is 66.9 Å². The largest absolute Gasteiger partial charge is 0.459 e. The molecule has 0 aliphatic carbocycles. The first-order valence-corrected chi connectivity index (χ1v) is 10.7. The first kappa shape index (κ1) is 20.6. The Labute approximate surface area is 184 Å². The molecule has 0 aliphatic heterocycles. The van der Waals surface area contributed by atoms with Crippen molar-refractivity contribution in [2.75, 3.05) is 5.32 Å². The average molecular weight is 432 g/mol. The summed E-state index contributed by atoms with van der Waals surface area (Å²) in [4.78, 5) is 30.1.